The first kappa shape index (κ1) is 14.1. The van der Waals surface area contributed by atoms with Gasteiger partial charge in [0, 0.05) is 19.6 Å². The summed E-state index contributed by atoms with van der Waals surface area (Å²) in [5, 5.41) is 3.32. The Kier molecular flexibility index (Phi) is 5.40. The van der Waals surface area contributed by atoms with E-state index in [4.69, 9.17) is 0 Å². The summed E-state index contributed by atoms with van der Waals surface area (Å²) >= 11 is 0. The van der Waals surface area contributed by atoms with E-state index in [9.17, 15) is 4.79 Å². The average molecular weight is 260 g/mol. The van der Waals surface area contributed by atoms with Crippen molar-refractivity contribution in [2.24, 2.45) is 5.92 Å². The Balaban J connectivity index is 1.86. The van der Waals surface area contributed by atoms with E-state index in [-0.39, 0.29) is 5.92 Å². The molecule has 1 saturated heterocycles. The largest absolute Gasteiger partial charge is 0.342 e. The van der Waals surface area contributed by atoms with Crippen molar-refractivity contribution in [3.05, 3.63) is 35.9 Å². The summed E-state index contributed by atoms with van der Waals surface area (Å²) in [4.78, 5) is 14.4. The first-order chi connectivity index (χ1) is 9.31. The van der Waals surface area contributed by atoms with E-state index in [0.29, 0.717) is 5.91 Å². The number of nitrogens with zero attached hydrogens (tertiary/aromatic N) is 1. The van der Waals surface area contributed by atoms with Gasteiger partial charge in [0.2, 0.25) is 5.91 Å². The van der Waals surface area contributed by atoms with Crippen LogP contribution < -0.4 is 5.32 Å². The smallest absolute Gasteiger partial charge is 0.226 e. The third kappa shape index (κ3) is 4.06. The van der Waals surface area contributed by atoms with Crippen LogP contribution in [0.5, 0.6) is 0 Å². The predicted octanol–water partition coefficient (Wildman–Crippen LogP) is 2.08. The van der Waals surface area contributed by atoms with Crippen molar-refractivity contribution in [2.45, 2.75) is 26.2 Å². The van der Waals surface area contributed by atoms with Crippen LogP contribution in [0.1, 0.15) is 25.3 Å². The van der Waals surface area contributed by atoms with Crippen LogP contribution in [0.2, 0.25) is 0 Å². The van der Waals surface area contributed by atoms with E-state index in [1.807, 2.05) is 11.0 Å². The molecular formula is C16H24N2O. The lowest BCUT2D eigenvalue weighted by atomic mass is 9.98. The summed E-state index contributed by atoms with van der Waals surface area (Å²) < 4.78 is 0. The highest BCUT2D eigenvalue weighted by Crippen LogP contribution is 2.14. The van der Waals surface area contributed by atoms with Crippen molar-refractivity contribution in [1.29, 1.82) is 0 Å². The first-order valence-electron chi connectivity index (χ1n) is 7.34. The summed E-state index contributed by atoms with van der Waals surface area (Å²) in [6.07, 6.45) is 3.10. The van der Waals surface area contributed by atoms with Crippen LogP contribution in [-0.4, -0.2) is 37.0 Å². The Bertz CT molecular complexity index is 385. The quantitative estimate of drug-likeness (QED) is 0.879. The van der Waals surface area contributed by atoms with Gasteiger partial charge in [-0.05, 0) is 38.3 Å². The highest BCUT2D eigenvalue weighted by atomic mass is 16.2. The molecule has 1 amide bonds. The fourth-order valence-corrected chi connectivity index (χ4v) is 2.65. The Morgan fingerprint density at radius 2 is 2.16 bits per heavy atom. The second-order valence-corrected chi connectivity index (χ2v) is 5.20. The number of likely N-dealkylation sites (N-methyl/N-ethyl adjacent to an activating group) is 1. The number of benzene rings is 1. The third-order valence-corrected chi connectivity index (χ3v) is 3.85. The molecule has 3 nitrogen and oxygen atoms in total. The SMILES string of the molecule is CCN(CCc1ccccc1)C(=O)[C@H]1CCCNC1. The summed E-state index contributed by atoms with van der Waals surface area (Å²) in [7, 11) is 0. The summed E-state index contributed by atoms with van der Waals surface area (Å²) in [5.74, 6) is 0.509. The van der Waals surface area contributed by atoms with Crippen molar-refractivity contribution in [2.75, 3.05) is 26.2 Å². The molecule has 1 aromatic rings. The number of piperidine rings is 1. The average Bonchev–Trinajstić information content (AvgIpc) is 2.49. The van der Waals surface area contributed by atoms with Gasteiger partial charge >= 0.3 is 0 Å². The maximum atomic E-state index is 12.4. The normalized spacial score (nSPS) is 19.1. The number of nitrogens with one attached hydrogen (secondary N) is 1. The molecule has 0 spiro atoms. The molecule has 0 bridgehead atoms. The molecule has 1 N–H and O–H groups in total. The molecule has 19 heavy (non-hydrogen) atoms. The van der Waals surface area contributed by atoms with Gasteiger partial charge in [-0.2, -0.15) is 0 Å². The minimum absolute atomic E-state index is 0.185. The van der Waals surface area contributed by atoms with Gasteiger partial charge in [-0.25, -0.2) is 0 Å². The van der Waals surface area contributed by atoms with E-state index in [1.54, 1.807) is 0 Å². The fourth-order valence-electron chi connectivity index (χ4n) is 2.65. The van der Waals surface area contributed by atoms with Crippen LogP contribution in [0.25, 0.3) is 0 Å². The second-order valence-electron chi connectivity index (χ2n) is 5.20. The molecule has 0 radical (unpaired) electrons. The molecule has 1 aliphatic heterocycles. The standard InChI is InChI=1S/C16H24N2O/c1-2-18(12-10-14-7-4-3-5-8-14)16(19)15-9-6-11-17-13-15/h3-5,7-8,15,17H,2,6,9-13H2,1H3/t15-/m0/s1. The number of carbonyl (C=O) groups is 1. The minimum Gasteiger partial charge on any atom is -0.342 e. The fraction of sp³-hybridized carbons (Fsp3) is 0.562. The molecular weight excluding hydrogens is 236 g/mol. The third-order valence-electron chi connectivity index (χ3n) is 3.85. The molecule has 0 aromatic heterocycles. The summed E-state index contributed by atoms with van der Waals surface area (Å²) in [6.45, 7) is 5.61. The van der Waals surface area contributed by atoms with Gasteiger partial charge in [0.25, 0.3) is 0 Å². The van der Waals surface area contributed by atoms with Crippen molar-refractivity contribution in [3.8, 4) is 0 Å². The van der Waals surface area contributed by atoms with Gasteiger partial charge in [-0.3, -0.25) is 4.79 Å². The second kappa shape index (κ2) is 7.29. The van der Waals surface area contributed by atoms with Crippen molar-refractivity contribution < 1.29 is 4.79 Å². The maximum Gasteiger partial charge on any atom is 0.226 e. The Hall–Kier alpha value is -1.35. The monoisotopic (exact) mass is 260 g/mol. The number of hydrogen-bond donors (Lipinski definition) is 1. The van der Waals surface area contributed by atoms with Gasteiger partial charge in [-0.15, -0.1) is 0 Å². The molecule has 0 unspecified atom stereocenters. The van der Waals surface area contributed by atoms with Crippen molar-refractivity contribution in [1.82, 2.24) is 10.2 Å². The zero-order valence-corrected chi connectivity index (χ0v) is 11.8. The number of rotatable bonds is 5. The Morgan fingerprint density at radius 1 is 1.37 bits per heavy atom. The van der Waals surface area contributed by atoms with E-state index in [2.05, 4.69) is 36.5 Å². The molecule has 1 atom stereocenters. The van der Waals surface area contributed by atoms with Gasteiger partial charge in [0.05, 0.1) is 5.92 Å². The van der Waals surface area contributed by atoms with E-state index in [1.165, 1.54) is 5.56 Å². The van der Waals surface area contributed by atoms with Crippen LogP contribution in [0, 0.1) is 5.92 Å². The zero-order chi connectivity index (χ0) is 13.5. The molecule has 104 valence electrons. The lowest BCUT2D eigenvalue weighted by Gasteiger charge is -2.29. The van der Waals surface area contributed by atoms with Crippen LogP contribution in [0.4, 0.5) is 0 Å². The Morgan fingerprint density at radius 3 is 2.79 bits per heavy atom. The predicted molar refractivity (Wildman–Crippen MR) is 78.0 cm³/mol. The van der Waals surface area contributed by atoms with Crippen LogP contribution in [0.3, 0.4) is 0 Å². The van der Waals surface area contributed by atoms with E-state index in [0.717, 1.165) is 45.4 Å². The molecule has 1 aromatic carbocycles. The molecule has 1 aliphatic rings. The lowest BCUT2D eigenvalue weighted by Crippen LogP contribution is -2.43. The van der Waals surface area contributed by atoms with Crippen LogP contribution >= 0.6 is 0 Å². The molecule has 0 saturated carbocycles. The molecule has 1 fully saturated rings. The van der Waals surface area contributed by atoms with Crippen molar-refractivity contribution in [3.63, 3.8) is 0 Å². The van der Waals surface area contributed by atoms with Gasteiger partial charge in [0.15, 0.2) is 0 Å². The summed E-state index contributed by atoms with van der Waals surface area (Å²) in [5.41, 5.74) is 1.30. The van der Waals surface area contributed by atoms with Crippen LogP contribution in [-0.2, 0) is 11.2 Å². The van der Waals surface area contributed by atoms with Crippen molar-refractivity contribution >= 4 is 5.91 Å². The van der Waals surface area contributed by atoms with Gasteiger partial charge in [0.1, 0.15) is 0 Å². The number of amides is 1. The summed E-state index contributed by atoms with van der Waals surface area (Å²) in [6, 6.07) is 10.4. The molecule has 0 aliphatic carbocycles. The number of hydrogen-bond acceptors (Lipinski definition) is 2. The van der Waals surface area contributed by atoms with E-state index >= 15 is 0 Å². The van der Waals surface area contributed by atoms with Gasteiger partial charge in [-0.1, -0.05) is 30.3 Å². The molecule has 1 heterocycles. The highest BCUT2D eigenvalue weighted by molar-refractivity contribution is 5.79. The topological polar surface area (TPSA) is 32.3 Å². The first-order valence-corrected chi connectivity index (χ1v) is 7.34. The Labute approximate surface area is 116 Å². The van der Waals surface area contributed by atoms with Gasteiger partial charge < -0.3 is 10.2 Å². The lowest BCUT2D eigenvalue weighted by molar-refractivity contribution is -0.135. The molecule has 2 rings (SSSR count). The zero-order valence-electron chi connectivity index (χ0n) is 11.8. The minimum atomic E-state index is 0.185. The van der Waals surface area contributed by atoms with E-state index < -0.39 is 0 Å². The maximum absolute atomic E-state index is 12.4. The molecule has 3 heteroatoms. The van der Waals surface area contributed by atoms with Crippen LogP contribution in [0.15, 0.2) is 30.3 Å². The number of carbonyl (C=O) groups excluding carboxylic acids is 1. The highest BCUT2D eigenvalue weighted by Gasteiger charge is 2.24.